The highest BCUT2D eigenvalue weighted by atomic mass is 19.1. The van der Waals surface area contributed by atoms with Gasteiger partial charge >= 0.3 is 6.03 Å². The van der Waals surface area contributed by atoms with Crippen molar-refractivity contribution in [2.45, 2.75) is 0 Å². The van der Waals surface area contributed by atoms with Crippen molar-refractivity contribution < 1.29 is 13.6 Å². The molecule has 0 aliphatic heterocycles. The van der Waals surface area contributed by atoms with Gasteiger partial charge in [0, 0.05) is 19.8 Å². The van der Waals surface area contributed by atoms with Crippen LogP contribution in [0.15, 0.2) is 12.1 Å². The van der Waals surface area contributed by atoms with Crippen LogP contribution in [0.3, 0.4) is 0 Å². The Morgan fingerprint density at radius 2 is 1.80 bits per heavy atom. The van der Waals surface area contributed by atoms with Gasteiger partial charge in [-0.2, -0.15) is 0 Å². The summed E-state index contributed by atoms with van der Waals surface area (Å²) in [6.07, 6.45) is 0. The SMILES string of the molecule is CN(C)c1c(F)cc(NC(N)=O)cc1F. The number of nitrogens with one attached hydrogen (secondary N) is 1. The summed E-state index contributed by atoms with van der Waals surface area (Å²) in [7, 11) is 3.03. The second-order valence-electron chi connectivity index (χ2n) is 3.17. The summed E-state index contributed by atoms with van der Waals surface area (Å²) < 4.78 is 26.7. The van der Waals surface area contributed by atoms with Gasteiger partial charge in [-0.25, -0.2) is 13.6 Å². The summed E-state index contributed by atoms with van der Waals surface area (Å²) in [5, 5.41) is 2.09. The molecule has 0 atom stereocenters. The van der Waals surface area contributed by atoms with Crippen molar-refractivity contribution in [3.63, 3.8) is 0 Å². The van der Waals surface area contributed by atoms with Crippen LogP contribution in [-0.2, 0) is 0 Å². The van der Waals surface area contributed by atoms with Crippen LogP contribution in [0.2, 0.25) is 0 Å². The van der Waals surface area contributed by atoms with Gasteiger partial charge in [0.15, 0.2) is 11.6 Å². The van der Waals surface area contributed by atoms with Crippen molar-refractivity contribution in [1.29, 1.82) is 0 Å². The fraction of sp³-hybridized carbons (Fsp3) is 0.222. The van der Waals surface area contributed by atoms with Crippen molar-refractivity contribution in [2.24, 2.45) is 5.73 Å². The third-order valence-electron chi connectivity index (χ3n) is 1.73. The lowest BCUT2D eigenvalue weighted by atomic mass is 10.2. The zero-order valence-corrected chi connectivity index (χ0v) is 8.34. The summed E-state index contributed by atoms with van der Waals surface area (Å²) >= 11 is 0. The minimum absolute atomic E-state index is 0.0110. The number of nitrogens with two attached hydrogens (primary N) is 1. The van der Waals surface area contributed by atoms with Crippen LogP contribution in [0.4, 0.5) is 25.0 Å². The first-order valence-corrected chi connectivity index (χ1v) is 4.14. The van der Waals surface area contributed by atoms with Crippen molar-refractivity contribution >= 4 is 17.4 Å². The van der Waals surface area contributed by atoms with Gasteiger partial charge in [-0.05, 0) is 12.1 Å². The lowest BCUT2D eigenvalue weighted by Gasteiger charge is -2.15. The van der Waals surface area contributed by atoms with Gasteiger partial charge in [-0.3, -0.25) is 0 Å². The van der Waals surface area contributed by atoms with Crippen LogP contribution in [0, 0.1) is 11.6 Å². The van der Waals surface area contributed by atoms with E-state index in [9.17, 15) is 13.6 Å². The fourth-order valence-electron chi connectivity index (χ4n) is 1.21. The third kappa shape index (κ3) is 2.55. The Hall–Kier alpha value is -1.85. The van der Waals surface area contributed by atoms with Crippen molar-refractivity contribution in [1.82, 2.24) is 0 Å². The maximum atomic E-state index is 13.3. The molecule has 0 aliphatic carbocycles. The Morgan fingerprint density at radius 1 is 1.33 bits per heavy atom. The molecule has 0 fully saturated rings. The molecule has 4 nitrogen and oxygen atoms in total. The van der Waals surface area contributed by atoms with E-state index >= 15 is 0 Å². The van der Waals surface area contributed by atoms with Crippen molar-refractivity contribution in [3.05, 3.63) is 23.8 Å². The summed E-state index contributed by atoms with van der Waals surface area (Å²) in [5.41, 5.74) is 4.64. The highest BCUT2D eigenvalue weighted by Gasteiger charge is 2.13. The molecule has 0 saturated heterocycles. The fourth-order valence-corrected chi connectivity index (χ4v) is 1.21. The topological polar surface area (TPSA) is 58.4 Å². The molecule has 1 aromatic rings. The predicted molar refractivity (Wildman–Crippen MR) is 53.9 cm³/mol. The van der Waals surface area contributed by atoms with Gasteiger partial charge in [0.2, 0.25) is 0 Å². The van der Waals surface area contributed by atoms with E-state index in [2.05, 4.69) is 5.32 Å². The first-order chi connectivity index (χ1) is 6.91. The molecular formula is C9H11F2N3O. The van der Waals surface area contributed by atoms with E-state index in [1.165, 1.54) is 19.0 Å². The number of hydrogen-bond acceptors (Lipinski definition) is 2. The summed E-state index contributed by atoms with van der Waals surface area (Å²) in [5.74, 6) is -1.52. The van der Waals surface area contributed by atoms with E-state index < -0.39 is 17.7 Å². The van der Waals surface area contributed by atoms with Crippen LogP contribution in [0.1, 0.15) is 0 Å². The summed E-state index contributed by atoms with van der Waals surface area (Å²) in [6.45, 7) is 0. The monoisotopic (exact) mass is 215 g/mol. The Morgan fingerprint density at radius 3 is 2.13 bits per heavy atom. The number of carbonyl (C=O) groups excluding carboxylic acids is 1. The standard InChI is InChI=1S/C9H11F2N3O/c1-14(2)8-6(10)3-5(4-7(8)11)13-9(12)15/h3-4H,1-2H3,(H3,12,13,15). The second kappa shape index (κ2) is 4.12. The number of urea groups is 1. The molecule has 3 N–H and O–H groups in total. The molecule has 0 heterocycles. The smallest absolute Gasteiger partial charge is 0.316 e. The van der Waals surface area contributed by atoms with E-state index in [1.54, 1.807) is 0 Å². The quantitative estimate of drug-likeness (QED) is 0.785. The van der Waals surface area contributed by atoms with Crippen LogP contribution in [-0.4, -0.2) is 20.1 Å². The predicted octanol–water partition coefficient (Wildman–Crippen LogP) is 1.52. The minimum Gasteiger partial charge on any atom is -0.373 e. The number of rotatable bonds is 2. The molecule has 0 aromatic heterocycles. The van der Waals surface area contributed by atoms with Gasteiger partial charge in [-0.1, -0.05) is 0 Å². The second-order valence-corrected chi connectivity index (χ2v) is 3.17. The first kappa shape index (κ1) is 11.2. The zero-order chi connectivity index (χ0) is 11.6. The summed E-state index contributed by atoms with van der Waals surface area (Å²) in [6, 6.07) is 1.14. The molecule has 82 valence electrons. The van der Waals surface area contributed by atoms with Crippen LogP contribution < -0.4 is 16.0 Å². The maximum absolute atomic E-state index is 13.3. The number of halogens is 2. The normalized spacial score (nSPS) is 9.87. The summed E-state index contributed by atoms with van der Waals surface area (Å²) in [4.78, 5) is 11.8. The van der Waals surface area contributed by atoms with Gasteiger partial charge < -0.3 is 16.0 Å². The molecular weight excluding hydrogens is 204 g/mol. The molecule has 0 radical (unpaired) electrons. The number of hydrogen-bond donors (Lipinski definition) is 2. The van der Waals surface area contributed by atoms with E-state index in [1.807, 2.05) is 0 Å². The number of primary amides is 1. The molecule has 0 bridgehead atoms. The number of carbonyl (C=O) groups is 1. The van der Waals surface area contributed by atoms with Gasteiger partial charge in [-0.15, -0.1) is 0 Å². The van der Waals surface area contributed by atoms with E-state index in [0.29, 0.717) is 0 Å². The lowest BCUT2D eigenvalue weighted by molar-refractivity contribution is 0.259. The molecule has 15 heavy (non-hydrogen) atoms. The zero-order valence-electron chi connectivity index (χ0n) is 8.34. The van der Waals surface area contributed by atoms with E-state index in [4.69, 9.17) is 5.73 Å². The Labute approximate surface area is 85.7 Å². The molecule has 0 aliphatic rings. The molecule has 2 amide bonds. The van der Waals surface area contributed by atoms with Crippen LogP contribution in [0.5, 0.6) is 0 Å². The van der Waals surface area contributed by atoms with Gasteiger partial charge in [0.1, 0.15) is 5.69 Å². The molecule has 0 unspecified atom stereocenters. The average molecular weight is 215 g/mol. The average Bonchev–Trinajstić information content (AvgIpc) is 1.99. The van der Waals surface area contributed by atoms with Crippen LogP contribution in [0.25, 0.3) is 0 Å². The lowest BCUT2D eigenvalue weighted by Crippen LogP contribution is -2.20. The van der Waals surface area contributed by atoms with E-state index in [-0.39, 0.29) is 11.4 Å². The largest absolute Gasteiger partial charge is 0.373 e. The number of anilines is 2. The molecule has 1 rings (SSSR count). The third-order valence-corrected chi connectivity index (χ3v) is 1.73. The number of benzene rings is 1. The Kier molecular flexibility index (Phi) is 3.08. The van der Waals surface area contributed by atoms with Crippen molar-refractivity contribution in [2.75, 3.05) is 24.3 Å². The Bertz CT molecular complexity index is 370. The van der Waals surface area contributed by atoms with Gasteiger partial charge in [0.05, 0.1) is 0 Å². The molecule has 0 saturated carbocycles. The number of nitrogens with zero attached hydrogens (tertiary/aromatic N) is 1. The highest BCUT2D eigenvalue weighted by molar-refractivity contribution is 5.88. The van der Waals surface area contributed by atoms with E-state index in [0.717, 1.165) is 12.1 Å². The molecule has 1 aromatic carbocycles. The minimum atomic E-state index is -0.869. The Balaban J connectivity index is 3.13. The number of amides is 2. The van der Waals surface area contributed by atoms with Crippen LogP contribution >= 0.6 is 0 Å². The highest BCUT2D eigenvalue weighted by Crippen LogP contribution is 2.25. The maximum Gasteiger partial charge on any atom is 0.316 e. The van der Waals surface area contributed by atoms with Gasteiger partial charge in [0.25, 0.3) is 0 Å². The molecule has 0 spiro atoms. The first-order valence-electron chi connectivity index (χ1n) is 4.14. The van der Waals surface area contributed by atoms with Crippen molar-refractivity contribution in [3.8, 4) is 0 Å². The molecule has 6 heteroatoms.